The van der Waals surface area contributed by atoms with Gasteiger partial charge in [0.15, 0.2) is 5.78 Å². The third-order valence-corrected chi connectivity index (χ3v) is 4.00. The van der Waals surface area contributed by atoms with E-state index in [0.717, 1.165) is 12.5 Å². The molecule has 0 N–H and O–H groups in total. The van der Waals surface area contributed by atoms with Gasteiger partial charge in [-0.2, -0.15) is 18.2 Å². The molecule has 1 unspecified atom stereocenters. The van der Waals surface area contributed by atoms with Gasteiger partial charge in [-0.3, -0.25) is 4.79 Å². The number of nitrogens with zero attached hydrogens (tertiary/aromatic N) is 2. The van der Waals surface area contributed by atoms with E-state index in [0.29, 0.717) is 25.6 Å². The van der Waals surface area contributed by atoms with Crippen molar-refractivity contribution in [1.29, 1.82) is 0 Å². The summed E-state index contributed by atoms with van der Waals surface area (Å²) in [6.45, 7) is 1.28. The van der Waals surface area contributed by atoms with Crippen molar-refractivity contribution >= 4 is 5.78 Å². The standard InChI is InChI=1S/C16H14F4N2O3/c17-12-7-10(14-21-15(25-22-14)16(18,19)20)2-3-11(12)13(23)4-1-9-5-6-24-8-9/h2-3,7,9H,1,4-6,8H2. The van der Waals surface area contributed by atoms with E-state index in [1.165, 1.54) is 12.1 Å². The van der Waals surface area contributed by atoms with Crippen LogP contribution in [0.25, 0.3) is 11.4 Å². The van der Waals surface area contributed by atoms with Gasteiger partial charge in [0.25, 0.3) is 0 Å². The van der Waals surface area contributed by atoms with Gasteiger partial charge in [-0.25, -0.2) is 4.39 Å². The lowest BCUT2D eigenvalue weighted by molar-refractivity contribution is -0.159. The van der Waals surface area contributed by atoms with Gasteiger partial charge in [-0.05, 0) is 30.9 Å². The Hall–Kier alpha value is -2.29. The van der Waals surface area contributed by atoms with E-state index in [2.05, 4.69) is 14.7 Å². The van der Waals surface area contributed by atoms with Crippen molar-refractivity contribution in [3.05, 3.63) is 35.5 Å². The number of benzene rings is 1. The molecule has 5 nitrogen and oxygen atoms in total. The smallest absolute Gasteiger partial charge is 0.381 e. The van der Waals surface area contributed by atoms with Gasteiger partial charge in [0.2, 0.25) is 5.82 Å². The number of ether oxygens (including phenoxy) is 1. The molecule has 9 heteroatoms. The van der Waals surface area contributed by atoms with Crippen LogP contribution in [0.15, 0.2) is 22.7 Å². The molecule has 25 heavy (non-hydrogen) atoms. The summed E-state index contributed by atoms with van der Waals surface area (Å²) in [5.74, 6) is -2.80. The number of halogens is 4. The number of hydrogen-bond acceptors (Lipinski definition) is 5. The predicted molar refractivity (Wildman–Crippen MR) is 77.2 cm³/mol. The Labute approximate surface area is 140 Å². The molecule has 3 rings (SSSR count). The third kappa shape index (κ3) is 4.04. The van der Waals surface area contributed by atoms with Crippen LogP contribution >= 0.6 is 0 Å². The summed E-state index contributed by atoms with van der Waals surface area (Å²) >= 11 is 0. The van der Waals surface area contributed by atoms with Gasteiger partial charge in [-0.15, -0.1) is 0 Å². The SMILES string of the molecule is O=C(CCC1CCOC1)c1ccc(-c2noc(C(F)(F)F)n2)cc1F. The van der Waals surface area contributed by atoms with Crippen LogP contribution in [0.2, 0.25) is 0 Å². The van der Waals surface area contributed by atoms with Gasteiger partial charge >= 0.3 is 12.1 Å². The molecule has 0 spiro atoms. The second kappa shape index (κ2) is 6.91. The lowest BCUT2D eigenvalue weighted by Gasteiger charge is -2.07. The highest BCUT2D eigenvalue weighted by molar-refractivity contribution is 5.96. The molecule has 1 fully saturated rings. The fourth-order valence-electron chi connectivity index (χ4n) is 2.62. The third-order valence-electron chi connectivity index (χ3n) is 4.00. The molecule has 1 aromatic carbocycles. The molecular formula is C16H14F4N2O3. The van der Waals surface area contributed by atoms with Crippen molar-refractivity contribution in [2.24, 2.45) is 5.92 Å². The predicted octanol–water partition coefficient (Wildman–Crippen LogP) is 3.89. The van der Waals surface area contributed by atoms with Crippen LogP contribution < -0.4 is 0 Å². The summed E-state index contributed by atoms with van der Waals surface area (Å²) in [6.07, 6.45) is -3.09. The summed E-state index contributed by atoms with van der Waals surface area (Å²) < 4.78 is 60.9. The number of alkyl halides is 3. The molecule has 0 bridgehead atoms. The van der Waals surface area contributed by atoms with Crippen molar-refractivity contribution in [1.82, 2.24) is 10.1 Å². The van der Waals surface area contributed by atoms with Crippen molar-refractivity contribution in [3.63, 3.8) is 0 Å². The quantitative estimate of drug-likeness (QED) is 0.599. The topological polar surface area (TPSA) is 65.2 Å². The number of aromatic nitrogens is 2. The maximum atomic E-state index is 14.2. The molecule has 134 valence electrons. The summed E-state index contributed by atoms with van der Waals surface area (Å²) in [5.41, 5.74) is -0.111. The van der Waals surface area contributed by atoms with Crippen LogP contribution in [0.1, 0.15) is 35.5 Å². The molecule has 1 aliphatic heterocycles. The van der Waals surface area contributed by atoms with E-state index in [1.807, 2.05) is 0 Å². The fourth-order valence-corrected chi connectivity index (χ4v) is 2.62. The first-order valence-electron chi connectivity index (χ1n) is 7.66. The number of hydrogen-bond donors (Lipinski definition) is 0. The van der Waals surface area contributed by atoms with Crippen LogP contribution in [0.4, 0.5) is 17.6 Å². The van der Waals surface area contributed by atoms with Crippen LogP contribution in [0.3, 0.4) is 0 Å². The molecule has 0 radical (unpaired) electrons. The van der Waals surface area contributed by atoms with Crippen molar-refractivity contribution < 1.29 is 31.6 Å². The van der Waals surface area contributed by atoms with Gasteiger partial charge in [0, 0.05) is 25.2 Å². The monoisotopic (exact) mass is 358 g/mol. The summed E-state index contributed by atoms with van der Waals surface area (Å²) in [4.78, 5) is 15.3. The maximum Gasteiger partial charge on any atom is 0.471 e. The molecule has 1 aliphatic rings. The zero-order valence-electron chi connectivity index (χ0n) is 13.0. The lowest BCUT2D eigenvalue weighted by atomic mass is 9.97. The molecule has 1 aromatic heterocycles. The number of rotatable bonds is 5. The van der Waals surface area contributed by atoms with Crippen molar-refractivity contribution in [2.75, 3.05) is 13.2 Å². The zero-order chi connectivity index (χ0) is 18.0. The highest BCUT2D eigenvalue weighted by Gasteiger charge is 2.38. The lowest BCUT2D eigenvalue weighted by Crippen LogP contribution is -2.07. The van der Waals surface area contributed by atoms with E-state index >= 15 is 0 Å². The molecule has 2 heterocycles. The number of carbonyl (C=O) groups excluding carboxylic acids is 1. The summed E-state index contributed by atoms with van der Waals surface area (Å²) in [7, 11) is 0. The van der Waals surface area contributed by atoms with Crippen LogP contribution in [0.5, 0.6) is 0 Å². The minimum absolute atomic E-state index is 0.00232. The number of carbonyl (C=O) groups is 1. The first-order chi connectivity index (χ1) is 11.8. The molecular weight excluding hydrogens is 344 g/mol. The molecule has 2 aromatic rings. The number of ketones is 1. The van der Waals surface area contributed by atoms with Gasteiger partial charge in [0.1, 0.15) is 5.82 Å². The average molecular weight is 358 g/mol. The highest BCUT2D eigenvalue weighted by Crippen LogP contribution is 2.30. The molecule has 0 aliphatic carbocycles. The van der Waals surface area contributed by atoms with Crippen molar-refractivity contribution in [3.8, 4) is 11.4 Å². The Balaban J connectivity index is 1.71. The van der Waals surface area contributed by atoms with Crippen LogP contribution in [-0.2, 0) is 10.9 Å². The maximum absolute atomic E-state index is 14.2. The Morgan fingerprint density at radius 3 is 2.72 bits per heavy atom. The molecule has 1 saturated heterocycles. The second-order valence-electron chi connectivity index (χ2n) is 5.81. The van der Waals surface area contributed by atoms with E-state index in [9.17, 15) is 22.4 Å². The average Bonchev–Trinajstić information content (AvgIpc) is 3.23. The Bertz CT molecular complexity index is 767. The van der Waals surface area contributed by atoms with E-state index in [4.69, 9.17) is 4.74 Å². The first-order valence-corrected chi connectivity index (χ1v) is 7.66. The second-order valence-corrected chi connectivity index (χ2v) is 5.81. The minimum Gasteiger partial charge on any atom is -0.381 e. The first kappa shape index (κ1) is 17.5. The van der Waals surface area contributed by atoms with Crippen molar-refractivity contribution in [2.45, 2.75) is 25.4 Å². The Morgan fingerprint density at radius 1 is 1.32 bits per heavy atom. The van der Waals surface area contributed by atoms with Crippen LogP contribution in [-0.4, -0.2) is 29.1 Å². The van der Waals surface area contributed by atoms with Gasteiger partial charge < -0.3 is 9.26 Å². The molecule has 1 atom stereocenters. The summed E-state index contributed by atoms with van der Waals surface area (Å²) in [6, 6.07) is 3.44. The Morgan fingerprint density at radius 2 is 2.12 bits per heavy atom. The molecule has 0 amide bonds. The normalized spacial score (nSPS) is 17.8. The minimum atomic E-state index is -4.77. The summed E-state index contributed by atoms with van der Waals surface area (Å²) in [5, 5.41) is 3.19. The molecule has 0 saturated carbocycles. The highest BCUT2D eigenvalue weighted by atomic mass is 19.4. The van der Waals surface area contributed by atoms with Gasteiger partial charge in [0.05, 0.1) is 5.56 Å². The largest absolute Gasteiger partial charge is 0.471 e. The Kier molecular flexibility index (Phi) is 4.85. The number of Topliss-reactive ketones (excluding diaryl/α,β-unsaturated/α-hetero) is 1. The van der Waals surface area contributed by atoms with E-state index in [1.54, 1.807) is 0 Å². The van der Waals surface area contributed by atoms with E-state index in [-0.39, 0.29) is 23.3 Å². The zero-order valence-corrected chi connectivity index (χ0v) is 13.0. The van der Waals surface area contributed by atoms with Gasteiger partial charge in [-0.1, -0.05) is 11.2 Å². The van der Waals surface area contributed by atoms with E-state index < -0.39 is 23.7 Å². The fraction of sp³-hybridized carbons (Fsp3) is 0.438. The van der Waals surface area contributed by atoms with Crippen LogP contribution in [0, 0.1) is 11.7 Å².